The summed E-state index contributed by atoms with van der Waals surface area (Å²) >= 11 is 6.21. The Morgan fingerprint density at radius 2 is 1.59 bits per heavy atom. The number of carbonyl (C=O) groups excluding carboxylic acids is 4. The van der Waals surface area contributed by atoms with Gasteiger partial charge in [-0.3, -0.25) is 24.1 Å². The van der Waals surface area contributed by atoms with E-state index < -0.39 is 11.9 Å². The normalized spacial score (nSPS) is 33.1. The van der Waals surface area contributed by atoms with Crippen molar-refractivity contribution in [2.75, 3.05) is 16.3 Å². The highest BCUT2D eigenvalue weighted by Gasteiger charge is 2.67. The van der Waals surface area contributed by atoms with Gasteiger partial charge in [-0.15, -0.1) is 0 Å². The van der Waals surface area contributed by atoms with Gasteiger partial charge in [0.05, 0.1) is 23.4 Å². The molecule has 2 aliphatic heterocycles. The Morgan fingerprint density at radius 3 is 2.24 bits per heavy atom. The van der Waals surface area contributed by atoms with Gasteiger partial charge in [0.1, 0.15) is 5.75 Å². The van der Waals surface area contributed by atoms with Gasteiger partial charge >= 0.3 is 5.97 Å². The Bertz CT molecular complexity index is 1370. The van der Waals surface area contributed by atoms with Crippen molar-refractivity contribution < 1.29 is 23.9 Å². The molecule has 2 aromatic carbocycles. The summed E-state index contributed by atoms with van der Waals surface area (Å²) in [7, 11) is 0. The second-order valence-electron chi connectivity index (χ2n) is 10.9. The van der Waals surface area contributed by atoms with Crippen molar-refractivity contribution in [3.63, 3.8) is 0 Å². The molecule has 2 aromatic rings. The van der Waals surface area contributed by atoms with E-state index in [4.69, 9.17) is 16.3 Å². The molecule has 0 aromatic heterocycles. The van der Waals surface area contributed by atoms with Crippen LogP contribution in [0.2, 0.25) is 5.02 Å². The second kappa shape index (κ2) is 8.02. The molecule has 8 rings (SSSR count). The van der Waals surface area contributed by atoms with E-state index in [1.54, 1.807) is 41.3 Å². The van der Waals surface area contributed by atoms with Gasteiger partial charge in [-0.05, 0) is 79.0 Å². The number of imide groups is 1. The van der Waals surface area contributed by atoms with Crippen LogP contribution in [0.3, 0.4) is 0 Å². The predicted molar refractivity (Wildman–Crippen MR) is 136 cm³/mol. The summed E-state index contributed by atoms with van der Waals surface area (Å²) in [6.45, 7) is 2.06. The van der Waals surface area contributed by atoms with E-state index in [1.165, 1.54) is 4.90 Å². The molecule has 4 fully saturated rings. The van der Waals surface area contributed by atoms with Gasteiger partial charge < -0.3 is 9.64 Å². The molecule has 188 valence electrons. The molecule has 2 saturated heterocycles. The quantitative estimate of drug-likeness (QED) is 0.264. The third-order valence-corrected chi connectivity index (χ3v) is 9.37. The van der Waals surface area contributed by atoms with E-state index >= 15 is 0 Å². The third-order valence-electron chi connectivity index (χ3n) is 8.96. The van der Waals surface area contributed by atoms with Gasteiger partial charge in [0.25, 0.3) is 0 Å². The first-order valence-corrected chi connectivity index (χ1v) is 13.1. The Balaban J connectivity index is 1.04. The number of halogens is 1. The minimum Gasteiger partial charge on any atom is -0.426 e. The zero-order valence-electron chi connectivity index (χ0n) is 20.2. The van der Waals surface area contributed by atoms with Crippen LogP contribution in [0.25, 0.3) is 0 Å². The number of hydrogen-bond donors (Lipinski definition) is 0. The molecular weight excluding hydrogens is 492 g/mol. The van der Waals surface area contributed by atoms with Crippen molar-refractivity contribution in [2.45, 2.75) is 19.8 Å². The van der Waals surface area contributed by atoms with Crippen molar-refractivity contribution >= 4 is 46.7 Å². The van der Waals surface area contributed by atoms with Crippen LogP contribution < -0.4 is 14.5 Å². The van der Waals surface area contributed by atoms with Crippen LogP contribution in [0.1, 0.15) is 18.4 Å². The lowest BCUT2D eigenvalue weighted by Crippen LogP contribution is -2.40. The SMILES string of the molecule is Cc1c(Cl)cccc1N1C[C@H](C(=O)Oc2ccc(N3C(=O)[C@@H]4[C@H]5C=C[C@@H]([C@@H]6C[C@H]56)[C@H]4C3=O)cc2)CC1=O. The van der Waals surface area contributed by atoms with Crippen molar-refractivity contribution in [1.29, 1.82) is 0 Å². The Hall–Kier alpha value is -3.45. The number of esters is 1. The fourth-order valence-corrected chi connectivity index (χ4v) is 7.23. The predicted octanol–water partition coefficient (Wildman–Crippen LogP) is 4.16. The van der Waals surface area contributed by atoms with Gasteiger partial charge in [0, 0.05) is 23.7 Å². The van der Waals surface area contributed by atoms with Gasteiger partial charge in [0.2, 0.25) is 17.7 Å². The minimum absolute atomic E-state index is 0.0563. The van der Waals surface area contributed by atoms with E-state index in [9.17, 15) is 19.2 Å². The van der Waals surface area contributed by atoms with Crippen molar-refractivity contribution in [2.24, 2.45) is 41.4 Å². The summed E-state index contributed by atoms with van der Waals surface area (Å²) in [5, 5.41) is 0.561. The fourth-order valence-electron chi connectivity index (χ4n) is 7.06. The van der Waals surface area contributed by atoms with Crippen molar-refractivity contribution in [3.05, 3.63) is 65.2 Å². The summed E-state index contributed by atoms with van der Waals surface area (Å²) in [5.41, 5.74) is 1.98. The number of allylic oxidation sites excluding steroid dienone is 2. The maximum absolute atomic E-state index is 13.3. The number of amides is 3. The summed E-state index contributed by atoms with van der Waals surface area (Å²) in [6.07, 6.45) is 5.49. The number of nitrogens with zero attached hydrogens (tertiary/aromatic N) is 2. The fraction of sp³-hybridized carbons (Fsp3) is 0.379. The molecule has 37 heavy (non-hydrogen) atoms. The monoisotopic (exact) mass is 516 g/mol. The largest absolute Gasteiger partial charge is 0.426 e. The molecule has 0 N–H and O–H groups in total. The van der Waals surface area contributed by atoms with Crippen LogP contribution in [0.5, 0.6) is 5.75 Å². The number of benzene rings is 2. The maximum Gasteiger partial charge on any atom is 0.316 e. The van der Waals surface area contributed by atoms with Gasteiger partial charge in [-0.2, -0.15) is 0 Å². The molecule has 6 aliphatic rings. The maximum atomic E-state index is 13.3. The number of hydrogen-bond acceptors (Lipinski definition) is 5. The molecule has 0 spiro atoms. The highest BCUT2D eigenvalue weighted by atomic mass is 35.5. The highest BCUT2D eigenvalue weighted by molar-refractivity contribution is 6.31. The lowest BCUT2D eigenvalue weighted by molar-refractivity contribution is -0.139. The number of ether oxygens (including phenoxy) is 1. The zero-order valence-corrected chi connectivity index (χ0v) is 20.9. The van der Waals surface area contributed by atoms with Crippen LogP contribution >= 0.6 is 11.6 Å². The lowest BCUT2D eigenvalue weighted by atomic mass is 9.63. The van der Waals surface area contributed by atoms with Crippen LogP contribution in [-0.2, 0) is 19.2 Å². The smallest absolute Gasteiger partial charge is 0.316 e. The molecule has 3 amide bonds. The standard InChI is InChI=1S/C29H25ClN2O5/c1-14-22(30)3-2-4-23(14)31-13-15(11-24(31)33)29(36)37-17-7-5-16(6-8-17)32-27(34)25-18-9-10-19(21-12-20(18)21)26(25)28(32)35/h2-10,15,18-21,25-26H,11-13H2,1H3/t15-,18+,19+,20-,21+,25-,26-/m1/s1. The van der Waals surface area contributed by atoms with Crippen LogP contribution in [0.4, 0.5) is 11.4 Å². The Kier molecular flexibility index (Phi) is 4.93. The van der Waals surface area contributed by atoms with Gasteiger partial charge in [0.15, 0.2) is 0 Å². The summed E-state index contributed by atoms with van der Waals surface area (Å²) < 4.78 is 5.57. The average Bonchev–Trinajstić information content (AvgIpc) is 3.57. The topological polar surface area (TPSA) is 84.0 Å². The molecule has 0 unspecified atom stereocenters. The summed E-state index contributed by atoms with van der Waals surface area (Å²) in [6, 6.07) is 11.8. The van der Waals surface area contributed by atoms with Crippen LogP contribution in [0.15, 0.2) is 54.6 Å². The molecule has 7 nitrogen and oxygen atoms in total. The van der Waals surface area contributed by atoms with E-state index in [-0.39, 0.29) is 54.4 Å². The number of rotatable bonds is 4. The van der Waals surface area contributed by atoms with Crippen molar-refractivity contribution in [1.82, 2.24) is 0 Å². The lowest BCUT2D eigenvalue weighted by Gasteiger charge is -2.37. The molecule has 4 aliphatic carbocycles. The molecule has 2 heterocycles. The van der Waals surface area contributed by atoms with Crippen LogP contribution in [0, 0.1) is 48.3 Å². The first kappa shape index (κ1) is 22.7. The van der Waals surface area contributed by atoms with E-state index in [0.717, 1.165) is 12.0 Å². The molecular formula is C29H25ClN2O5. The summed E-state index contributed by atoms with van der Waals surface area (Å²) in [4.78, 5) is 55.0. The minimum atomic E-state index is -0.607. The summed E-state index contributed by atoms with van der Waals surface area (Å²) in [5.74, 6) is -0.257. The molecule has 8 heteroatoms. The first-order chi connectivity index (χ1) is 17.8. The molecule has 0 radical (unpaired) electrons. The third kappa shape index (κ3) is 3.33. The van der Waals surface area contributed by atoms with E-state index in [2.05, 4.69) is 12.2 Å². The van der Waals surface area contributed by atoms with Crippen molar-refractivity contribution in [3.8, 4) is 5.75 Å². The number of anilines is 2. The number of carbonyl (C=O) groups is 4. The van der Waals surface area contributed by atoms with Gasteiger partial charge in [-0.1, -0.05) is 29.8 Å². The highest BCUT2D eigenvalue weighted by Crippen LogP contribution is 2.65. The first-order valence-electron chi connectivity index (χ1n) is 12.8. The molecule has 2 bridgehead atoms. The van der Waals surface area contributed by atoms with E-state index in [0.29, 0.717) is 34.0 Å². The Labute approximate surface area is 219 Å². The van der Waals surface area contributed by atoms with Crippen LogP contribution in [-0.4, -0.2) is 30.2 Å². The van der Waals surface area contributed by atoms with Gasteiger partial charge in [-0.25, -0.2) is 0 Å². The Morgan fingerprint density at radius 1 is 0.946 bits per heavy atom. The second-order valence-corrected chi connectivity index (χ2v) is 11.3. The van der Waals surface area contributed by atoms with E-state index in [1.807, 2.05) is 13.0 Å². The average molecular weight is 517 g/mol. The molecule has 2 saturated carbocycles. The zero-order chi connectivity index (χ0) is 25.6. The molecule has 7 atom stereocenters.